The number of nitrogens with one attached hydrogen (secondary N) is 1. The molecule has 1 aliphatic heterocycles. The highest BCUT2D eigenvalue weighted by atomic mass is 16.3. The molecule has 0 aliphatic carbocycles. The largest absolute Gasteiger partial charge is 0.466 e. The van der Waals surface area contributed by atoms with Crippen LogP contribution < -0.4 is 5.32 Å². The van der Waals surface area contributed by atoms with Crippen LogP contribution in [0.15, 0.2) is 4.42 Å². The van der Waals surface area contributed by atoms with Crippen LogP contribution in [0.4, 0.5) is 0 Å². The summed E-state index contributed by atoms with van der Waals surface area (Å²) in [5.41, 5.74) is 1.75. The number of hydrogen-bond donors (Lipinski definition) is 1. The Labute approximate surface area is 121 Å². The number of amides is 1. The number of rotatable bonds is 4. The number of nitrogens with zero attached hydrogens (tertiary/aromatic N) is 1. The van der Waals surface area contributed by atoms with Gasteiger partial charge in [0, 0.05) is 24.7 Å². The van der Waals surface area contributed by atoms with Gasteiger partial charge in [0.15, 0.2) is 0 Å². The first-order chi connectivity index (χ1) is 9.54. The predicted octanol–water partition coefficient (Wildman–Crippen LogP) is 2.81. The molecule has 1 aromatic rings. The first-order valence-corrected chi connectivity index (χ1v) is 7.63. The standard InChI is InChI=1S/C16H26N2O2/c1-5-8-17-14-7-6-9-18(10-14)16(19)15-11(2)12(3)20-13(15)4/h14,17H,5-10H2,1-4H3. The van der Waals surface area contributed by atoms with Crippen LogP contribution in [0.2, 0.25) is 0 Å². The molecule has 0 saturated carbocycles. The van der Waals surface area contributed by atoms with E-state index in [1.54, 1.807) is 0 Å². The minimum atomic E-state index is 0.125. The molecule has 1 aromatic heterocycles. The normalized spacial score (nSPS) is 19.4. The second-order valence-electron chi connectivity index (χ2n) is 5.76. The Morgan fingerprint density at radius 1 is 1.35 bits per heavy atom. The molecule has 1 aliphatic rings. The third-order valence-corrected chi connectivity index (χ3v) is 4.17. The molecule has 1 saturated heterocycles. The van der Waals surface area contributed by atoms with Gasteiger partial charge >= 0.3 is 0 Å². The van der Waals surface area contributed by atoms with E-state index in [9.17, 15) is 4.79 Å². The van der Waals surface area contributed by atoms with Gasteiger partial charge in [-0.1, -0.05) is 6.92 Å². The van der Waals surface area contributed by atoms with Crippen molar-refractivity contribution in [2.24, 2.45) is 0 Å². The molecule has 4 nitrogen and oxygen atoms in total. The maximum Gasteiger partial charge on any atom is 0.257 e. The van der Waals surface area contributed by atoms with Gasteiger partial charge in [0.2, 0.25) is 0 Å². The molecule has 0 aromatic carbocycles. The summed E-state index contributed by atoms with van der Waals surface area (Å²) < 4.78 is 5.59. The molecule has 1 fully saturated rings. The highest BCUT2D eigenvalue weighted by Crippen LogP contribution is 2.23. The van der Waals surface area contributed by atoms with Crippen molar-refractivity contribution in [1.82, 2.24) is 10.2 Å². The van der Waals surface area contributed by atoms with Gasteiger partial charge in [-0.15, -0.1) is 0 Å². The van der Waals surface area contributed by atoms with Crippen LogP contribution >= 0.6 is 0 Å². The molecule has 1 N–H and O–H groups in total. The van der Waals surface area contributed by atoms with Gasteiger partial charge in [-0.05, 0) is 46.6 Å². The van der Waals surface area contributed by atoms with Gasteiger partial charge in [-0.2, -0.15) is 0 Å². The summed E-state index contributed by atoms with van der Waals surface area (Å²) in [5.74, 6) is 1.72. The summed E-state index contributed by atoms with van der Waals surface area (Å²) in [5, 5.41) is 3.52. The van der Waals surface area contributed by atoms with Gasteiger partial charge in [0.25, 0.3) is 5.91 Å². The van der Waals surface area contributed by atoms with Crippen LogP contribution in [0.5, 0.6) is 0 Å². The van der Waals surface area contributed by atoms with Gasteiger partial charge in [0.05, 0.1) is 5.56 Å². The molecule has 1 unspecified atom stereocenters. The highest BCUT2D eigenvalue weighted by molar-refractivity contribution is 5.97. The lowest BCUT2D eigenvalue weighted by Gasteiger charge is -2.33. The number of furan rings is 1. The molecule has 2 rings (SSSR count). The second kappa shape index (κ2) is 6.44. The number of carbonyl (C=O) groups is 1. The minimum Gasteiger partial charge on any atom is -0.466 e. The molecular weight excluding hydrogens is 252 g/mol. The van der Waals surface area contributed by atoms with Gasteiger partial charge < -0.3 is 14.6 Å². The summed E-state index contributed by atoms with van der Waals surface area (Å²) in [6.45, 7) is 10.6. The summed E-state index contributed by atoms with van der Waals surface area (Å²) in [7, 11) is 0. The van der Waals surface area contributed by atoms with E-state index in [0.717, 1.165) is 61.5 Å². The lowest BCUT2D eigenvalue weighted by atomic mass is 10.0. The lowest BCUT2D eigenvalue weighted by molar-refractivity contribution is 0.0692. The summed E-state index contributed by atoms with van der Waals surface area (Å²) >= 11 is 0. The van der Waals surface area contributed by atoms with Crippen molar-refractivity contribution in [2.45, 2.75) is 53.0 Å². The quantitative estimate of drug-likeness (QED) is 0.921. The fourth-order valence-corrected chi connectivity index (χ4v) is 2.94. The molecule has 0 radical (unpaired) electrons. The maximum atomic E-state index is 12.7. The van der Waals surface area contributed by atoms with E-state index in [1.807, 2.05) is 25.7 Å². The van der Waals surface area contributed by atoms with Gasteiger partial charge in [-0.3, -0.25) is 4.79 Å². The van der Waals surface area contributed by atoms with E-state index in [4.69, 9.17) is 4.42 Å². The lowest BCUT2D eigenvalue weighted by Crippen LogP contribution is -2.48. The van der Waals surface area contributed by atoms with E-state index in [0.29, 0.717) is 6.04 Å². The molecular formula is C16H26N2O2. The van der Waals surface area contributed by atoms with Gasteiger partial charge in [-0.25, -0.2) is 0 Å². The average Bonchev–Trinajstić information content (AvgIpc) is 2.69. The van der Waals surface area contributed by atoms with Gasteiger partial charge in [0.1, 0.15) is 11.5 Å². The third kappa shape index (κ3) is 3.06. The molecule has 1 atom stereocenters. The van der Waals surface area contributed by atoms with Crippen molar-refractivity contribution in [2.75, 3.05) is 19.6 Å². The van der Waals surface area contributed by atoms with E-state index >= 15 is 0 Å². The zero-order chi connectivity index (χ0) is 14.7. The zero-order valence-corrected chi connectivity index (χ0v) is 13.1. The monoisotopic (exact) mass is 278 g/mol. The van der Waals surface area contributed by atoms with Crippen LogP contribution in [0, 0.1) is 20.8 Å². The Hall–Kier alpha value is -1.29. The smallest absolute Gasteiger partial charge is 0.257 e. The highest BCUT2D eigenvalue weighted by Gasteiger charge is 2.28. The van der Waals surface area contributed by atoms with Crippen molar-refractivity contribution in [3.63, 3.8) is 0 Å². The maximum absolute atomic E-state index is 12.7. The van der Waals surface area contributed by atoms with Crippen molar-refractivity contribution >= 4 is 5.91 Å². The predicted molar refractivity (Wildman–Crippen MR) is 80.1 cm³/mol. The third-order valence-electron chi connectivity index (χ3n) is 4.17. The Balaban J connectivity index is 2.08. The summed E-state index contributed by atoms with van der Waals surface area (Å²) in [6.07, 6.45) is 3.36. The molecule has 2 heterocycles. The number of carbonyl (C=O) groups excluding carboxylic acids is 1. The van der Waals surface area contributed by atoms with E-state index in [2.05, 4.69) is 12.2 Å². The SMILES string of the molecule is CCCNC1CCCN(C(=O)c2c(C)oc(C)c2C)C1. The van der Waals surface area contributed by atoms with Crippen LogP contribution in [0.3, 0.4) is 0 Å². The van der Waals surface area contributed by atoms with E-state index in [-0.39, 0.29) is 5.91 Å². The molecule has 0 spiro atoms. The molecule has 4 heteroatoms. The van der Waals surface area contributed by atoms with E-state index < -0.39 is 0 Å². The zero-order valence-electron chi connectivity index (χ0n) is 13.1. The first-order valence-electron chi connectivity index (χ1n) is 7.63. The number of piperidine rings is 1. The van der Waals surface area contributed by atoms with Crippen LogP contribution in [0.25, 0.3) is 0 Å². The number of likely N-dealkylation sites (tertiary alicyclic amines) is 1. The topological polar surface area (TPSA) is 45.5 Å². The second-order valence-corrected chi connectivity index (χ2v) is 5.76. The summed E-state index contributed by atoms with van der Waals surface area (Å²) in [4.78, 5) is 14.7. The first kappa shape index (κ1) is 15.1. The van der Waals surface area contributed by atoms with Crippen molar-refractivity contribution in [1.29, 1.82) is 0 Å². The van der Waals surface area contributed by atoms with Crippen molar-refractivity contribution in [3.05, 3.63) is 22.6 Å². The molecule has 1 amide bonds. The summed E-state index contributed by atoms with van der Waals surface area (Å²) in [6, 6.07) is 0.432. The Morgan fingerprint density at radius 3 is 2.70 bits per heavy atom. The van der Waals surface area contributed by atoms with Crippen molar-refractivity contribution in [3.8, 4) is 0 Å². The van der Waals surface area contributed by atoms with E-state index in [1.165, 1.54) is 0 Å². The molecule has 0 bridgehead atoms. The fraction of sp³-hybridized carbons (Fsp3) is 0.688. The molecule has 112 valence electrons. The van der Waals surface area contributed by atoms with Crippen LogP contribution in [-0.2, 0) is 0 Å². The number of hydrogen-bond acceptors (Lipinski definition) is 3. The fourth-order valence-electron chi connectivity index (χ4n) is 2.94. The Kier molecular flexibility index (Phi) is 4.86. The van der Waals surface area contributed by atoms with Crippen molar-refractivity contribution < 1.29 is 9.21 Å². The van der Waals surface area contributed by atoms with Crippen LogP contribution in [0.1, 0.15) is 53.6 Å². The Bertz CT molecular complexity index is 479. The molecule has 20 heavy (non-hydrogen) atoms. The van der Waals surface area contributed by atoms with Crippen LogP contribution in [-0.4, -0.2) is 36.5 Å². The Morgan fingerprint density at radius 2 is 2.10 bits per heavy atom. The number of aryl methyl sites for hydroxylation is 2. The average molecular weight is 278 g/mol. The minimum absolute atomic E-state index is 0.125.